The standard InChI is InChI=1S/2C15H15NO2S2.2C14H14N2O2S2.2C13H13NO2S3.6C2H6.CH4/c2*1-11(17)6-5-9-16-14(18)13(20-15(16)19)10-12-7-3-2-4-8-12;2*1-10(17)5-4-8-16-13(18)12(20-14(16)19)9-11-6-2-3-7-15-11;2*1-9(15)4-2-6-14-12(16)11(19-13(14)17)8-10-5-3-7-18-10;6*1-2;/h2*2-4,7-8,10H,5-6,9H2,1H3;2*2-3,6-7,9H,4-5,8H2,1H3;2*3,5,7-8H,2,4,6H2,1H3;6*1-2H3;1H4/b2*13-10-;2*12-9-;2*11-8-;;;;;;;. The number of ketones is 6. The van der Waals surface area contributed by atoms with Crippen molar-refractivity contribution in [1.29, 1.82) is 0 Å². The number of thioether (sulfide) groups is 6. The maximum absolute atomic E-state index is 12.3. The lowest BCUT2D eigenvalue weighted by molar-refractivity contribution is -0.123. The second-order valence-corrected chi connectivity index (χ2v) is 38.2. The molecule has 6 saturated heterocycles. The van der Waals surface area contributed by atoms with Crippen molar-refractivity contribution >= 4 is 299 Å². The van der Waals surface area contributed by atoms with E-state index in [-0.39, 0.29) is 77.6 Å². The van der Waals surface area contributed by atoms with Crippen LogP contribution in [-0.4, -0.2) is 175 Å². The van der Waals surface area contributed by atoms with Crippen molar-refractivity contribution in [3.05, 3.63) is 206 Å². The van der Waals surface area contributed by atoms with Gasteiger partial charge in [-0.15, -0.1) is 22.7 Å². The summed E-state index contributed by atoms with van der Waals surface area (Å²) in [4.78, 5) is 163. The average Bonchev–Trinajstić information content (AvgIpc) is 1.72. The van der Waals surface area contributed by atoms with Crippen molar-refractivity contribution in [2.24, 2.45) is 0 Å². The third-order valence-electron chi connectivity index (χ3n) is 16.5. The Morgan fingerprint density at radius 1 is 0.275 bits per heavy atom. The zero-order chi connectivity index (χ0) is 97.8. The highest BCUT2D eigenvalue weighted by Gasteiger charge is 2.37. The number of carbonyl (C=O) groups excluding carboxylic acids is 12. The number of hydrogen-bond donors (Lipinski definition) is 0. The number of thiophene rings is 2. The van der Waals surface area contributed by atoms with Crippen molar-refractivity contribution < 1.29 is 57.5 Å². The van der Waals surface area contributed by atoms with Crippen LogP contribution in [0.15, 0.2) is 174 Å². The van der Waals surface area contributed by atoms with Gasteiger partial charge in [0, 0.05) is 99.9 Å². The second-order valence-electron chi connectivity index (χ2n) is 26.2. The number of rotatable bonds is 30. The molecule has 20 nitrogen and oxygen atoms in total. The topological polar surface area (TPSA) is 250 Å². The molecule has 0 bridgehead atoms. The lowest BCUT2D eigenvalue weighted by Crippen LogP contribution is -2.29. The molecule has 0 aliphatic carbocycles. The molecule has 708 valence electrons. The summed E-state index contributed by atoms with van der Waals surface area (Å²) in [5.74, 6) is 0.366. The van der Waals surface area contributed by atoms with Gasteiger partial charge in [0.05, 0.1) is 40.8 Å². The van der Waals surface area contributed by atoms with Crippen molar-refractivity contribution in [3.63, 3.8) is 0 Å². The third-order valence-corrected chi connectivity index (χ3v) is 26.4. The van der Waals surface area contributed by atoms with E-state index < -0.39 is 0 Å². The van der Waals surface area contributed by atoms with E-state index in [0.29, 0.717) is 172 Å². The van der Waals surface area contributed by atoms with Crippen LogP contribution in [-0.2, 0) is 57.5 Å². The molecule has 0 spiro atoms. The van der Waals surface area contributed by atoms with Crippen LogP contribution in [0.25, 0.3) is 36.5 Å². The van der Waals surface area contributed by atoms with Crippen LogP contribution >= 0.6 is 167 Å². The Hall–Kier alpha value is -7.94. The number of hydrogen-bond acceptors (Lipinski definition) is 28. The van der Waals surface area contributed by atoms with Crippen LogP contribution in [0.3, 0.4) is 0 Å². The van der Waals surface area contributed by atoms with Crippen molar-refractivity contribution in [1.82, 2.24) is 39.4 Å². The second kappa shape index (κ2) is 71.6. The number of pyridine rings is 2. The first kappa shape index (κ1) is 123. The molecular formula is C97H124N8O12S14. The van der Waals surface area contributed by atoms with E-state index in [4.69, 9.17) is 73.3 Å². The highest BCUT2D eigenvalue weighted by molar-refractivity contribution is 8.28. The van der Waals surface area contributed by atoms with E-state index in [9.17, 15) is 57.5 Å². The number of thiocarbonyl (C=S) groups is 6. The number of nitrogens with zero attached hydrogens (tertiary/aromatic N) is 8. The number of carbonyl (C=O) groups is 12. The van der Waals surface area contributed by atoms with E-state index >= 15 is 0 Å². The van der Waals surface area contributed by atoms with Crippen molar-refractivity contribution in [2.75, 3.05) is 39.3 Å². The molecule has 4 aromatic heterocycles. The molecule has 12 rings (SSSR count). The maximum atomic E-state index is 12.3. The summed E-state index contributed by atoms with van der Waals surface area (Å²) in [5.41, 5.74) is 3.43. The van der Waals surface area contributed by atoms with Crippen LogP contribution in [0.5, 0.6) is 0 Å². The van der Waals surface area contributed by atoms with Gasteiger partial charge in [0.1, 0.15) is 60.6 Å². The summed E-state index contributed by atoms with van der Waals surface area (Å²) in [7, 11) is 0. The average molecular weight is 2040 g/mol. The van der Waals surface area contributed by atoms with Crippen LogP contribution < -0.4 is 0 Å². The first-order chi connectivity index (χ1) is 62.5. The summed E-state index contributed by atoms with van der Waals surface area (Å²) >= 11 is 42.3. The van der Waals surface area contributed by atoms with Crippen LogP contribution in [0.1, 0.15) is 241 Å². The van der Waals surface area contributed by atoms with E-state index in [2.05, 4.69) is 9.97 Å². The number of amides is 6. The molecule has 6 amide bonds. The smallest absolute Gasteiger partial charge is 0.266 e. The molecule has 131 heavy (non-hydrogen) atoms. The molecule has 0 unspecified atom stereocenters. The Kier molecular flexibility index (Phi) is 67.3. The molecule has 34 heteroatoms. The van der Waals surface area contributed by atoms with Gasteiger partial charge in [-0.25, -0.2) is 0 Å². The van der Waals surface area contributed by atoms with E-state index in [0.717, 1.165) is 32.3 Å². The highest BCUT2D eigenvalue weighted by atomic mass is 32.2. The molecule has 6 fully saturated rings. The number of aromatic nitrogens is 2. The Morgan fingerprint density at radius 3 is 0.656 bits per heavy atom. The predicted molar refractivity (Wildman–Crippen MR) is 584 cm³/mol. The van der Waals surface area contributed by atoms with Crippen LogP contribution in [0.4, 0.5) is 0 Å². The van der Waals surface area contributed by atoms with Crippen LogP contribution in [0, 0.1) is 0 Å². The number of Topliss-reactive ketones (excluding diaryl/α,β-unsaturated/α-hetero) is 6. The zero-order valence-corrected chi connectivity index (χ0v) is 88.7. The maximum Gasteiger partial charge on any atom is 0.266 e. The lowest BCUT2D eigenvalue weighted by Gasteiger charge is -2.13. The van der Waals surface area contributed by atoms with Crippen LogP contribution in [0.2, 0.25) is 0 Å². The van der Waals surface area contributed by atoms with Gasteiger partial charge in [-0.2, -0.15) is 0 Å². The van der Waals surface area contributed by atoms with E-state index in [1.807, 2.05) is 239 Å². The summed E-state index contributed by atoms with van der Waals surface area (Å²) in [6.45, 7) is 36.4. The first-order valence-corrected chi connectivity index (χ1v) is 52.1. The molecule has 0 saturated carbocycles. The van der Waals surface area contributed by atoms with Gasteiger partial charge in [0.2, 0.25) is 0 Å². The SMILES string of the molecule is C.CC.CC.CC.CC.CC.CC.CC(=O)CCCN1C(=O)/C(=C/c2ccccc2)SC1=S.CC(=O)CCCN1C(=O)/C(=C/c2ccccc2)SC1=S.CC(=O)CCCN1C(=O)/C(=C/c2ccccn2)SC1=S.CC(=O)CCCN1C(=O)/C(=C/c2ccccn2)SC1=S.CC(=O)CCCN1C(=O)/C(=C/c2cccs2)SC1=S.CC(=O)CCCN1C(=O)/C(=C/c2cccs2)SC1=S. The predicted octanol–water partition coefficient (Wildman–Crippen LogP) is 25.2. The normalized spacial score (nSPS) is 15.8. The van der Waals surface area contributed by atoms with Gasteiger partial charge in [-0.3, -0.25) is 68.1 Å². The first-order valence-electron chi connectivity index (χ1n) is 42.9. The van der Waals surface area contributed by atoms with Gasteiger partial charge in [-0.1, -0.05) is 319 Å². The minimum Gasteiger partial charge on any atom is -0.300 e. The monoisotopic (exact) mass is 2040 g/mol. The Balaban J connectivity index is 0.00000151. The lowest BCUT2D eigenvalue weighted by atomic mass is 10.2. The molecule has 10 heterocycles. The third kappa shape index (κ3) is 46.7. The summed E-state index contributed by atoms with van der Waals surface area (Å²) in [6.07, 6.45) is 21.1. The molecule has 0 atom stereocenters. The van der Waals surface area contributed by atoms with Gasteiger partial charge in [0.15, 0.2) is 0 Å². The molecule has 6 aliphatic heterocycles. The molecule has 6 aromatic rings. The quantitative estimate of drug-likeness (QED) is 0.0300. The van der Waals surface area contributed by atoms with Crippen molar-refractivity contribution in [3.8, 4) is 0 Å². The summed E-state index contributed by atoms with van der Waals surface area (Å²) in [6, 6.07) is 38.3. The zero-order valence-electron chi connectivity index (χ0n) is 77.2. The van der Waals surface area contributed by atoms with Gasteiger partial charge in [-0.05, 0) is 175 Å². The minimum absolute atomic E-state index is 0. The minimum atomic E-state index is -0.103. The van der Waals surface area contributed by atoms with E-state index in [1.54, 1.807) is 118 Å². The van der Waals surface area contributed by atoms with Gasteiger partial charge < -0.3 is 28.8 Å². The largest absolute Gasteiger partial charge is 0.300 e. The van der Waals surface area contributed by atoms with Crippen molar-refractivity contribution in [2.45, 2.75) is 209 Å². The van der Waals surface area contributed by atoms with Gasteiger partial charge in [0.25, 0.3) is 35.4 Å². The molecule has 2 aromatic carbocycles. The molecular weight excluding hydrogens is 1920 g/mol. The fourth-order valence-electron chi connectivity index (χ4n) is 10.7. The molecule has 0 N–H and O–H groups in total. The Labute approximate surface area is 842 Å². The highest BCUT2D eigenvalue weighted by Crippen LogP contribution is 2.39. The summed E-state index contributed by atoms with van der Waals surface area (Å²) in [5, 5.41) is 3.94. The Bertz CT molecular complexity index is 4410. The van der Waals surface area contributed by atoms with E-state index in [1.165, 1.54) is 70.6 Å². The fraction of sp³-hybridized carbons (Fsp3) is 0.381. The van der Waals surface area contributed by atoms with Gasteiger partial charge >= 0.3 is 0 Å². The number of benzene rings is 2. The molecule has 6 aliphatic rings. The molecule has 0 radical (unpaired) electrons. The summed E-state index contributed by atoms with van der Waals surface area (Å²) < 4.78 is 3.38. The fourth-order valence-corrected chi connectivity index (χ4v) is 19.9. The Morgan fingerprint density at radius 2 is 0.473 bits per heavy atom.